The van der Waals surface area contributed by atoms with Crippen molar-refractivity contribution in [2.24, 2.45) is 0 Å². The molecule has 0 aliphatic rings. The molecule has 2 amide bonds. The molecule has 1 aromatic heterocycles. The molecule has 0 saturated carbocycles. The number of aryl methyl sites for hydroxylation is 2. The third-order valence-electron chi connectivity index (χ3n) is 2.90. The zero-order valence-corrected chi connectivity index (χ0v) is 14.2. The van der Waals surface area contributed by atoms with Gasteiger partial charge in [0.05, 0.1) is 10.7 Å². The SMILES string of the molecule is Cc1nc(C)c(C#N)c(NC(=O)NS(=O)(=O)c2ccccc2Cl)n1. The van der Waals surface area contributed by atoms with E-state index in [1.165, 1.54) is 18.2 Å². The number of nitrogens with one attached hydrogen (secondary N) is 2. The molecule has 2 rings (SSSR count). The Balaban J connectivity index is 2.27. The van der Waals surface area contributed by atoms with Crippen molar-refractivity contribution in [2.45, 2.75) is 18.7 Å². The molecule has 0 aliphatic carbocycles. The smallest absolute Gasteiger partial charge is 0.290 e. The van der Waals surface area contributed by atoms with Gasteiger partial charge in [-0.3, -0.25) is 5.32 Å². The first-order chi connectivity index (χ1) is 11.2. The van der Waals surface area contributed by atoms with Crippen molar-refractivity contribution in [3.63, 3.8) is 0 Å². The molecule has 124 valence electrons. The summed E-state index contributed by atoms with van der Waals surface area (Å²) in [5, 5.41) is 11.3. The highest BCUT2D eigenvalue weighted by Crippen LogP contribution is 2.20. The van der Waals surface area contributed by atoms with Crippen LogP contribution in [0.5, 0.6) is 0 Å². The number of hydrogen-bond donors (Lipinski definition) is 2. The third-order valence-corrected chi connectivity index (χ3v) is 4.73. The van der Waals surface area contributed by atoms with E-state index in [1.807, 2.05) is 10.8 Å². The minimum absolute atomic E-state index is 0.0239. The number of halogens is 1. The molecule has 2 aromatic rings. The number of aromatic nitrogens is 2. The van der Waals surface area contributed by atoms with Crippen LogP contribution in [0.15, 0.2) is 29.2 Å². The van der Waals surface area contributed by atoms with Gasteiger partial charge in [-0.2, -0.15) is 5.26 Å². The summed E-state index contributed by atoms with van der Waals surface area (Å²) in [5.74, 6) is 0.255. The Kier molecular flexibility index (Phi) is 5.02. The molecule has 1 heterocycles. The molecule has 0 fully saturated rings. The molecule has 24 heavy (non-hydrogen) atoms. The number of nitrogens with zero attached hydrogens (tertiary/aromatic N) is 3. The van der Waals surface area contributed by atoms with Gasteiger partial charge in [-0.1, -0.05) is 23.7 Å². The lowest BCUT2D eigenvalue weighted by atomic mass is 10.2. The van der Waals surface area contributed by atoms with Gasteiger partial charge in [0.25, 0.3) is 10.0 Å². The van der Waals surface area contributed by atoms with E-state index in [9.17, 15) is 13.2 Å². The van der Waals surface area contributed by atoms with E-state index in [0.29, 0.717) is 11.5 Å². The van der Waals surface area contributed by atoms with Gasteiger partial charge in [0.1, 0.15) is 22.4 Å². The van der Waals surface area contributed by atoms with Crippen LogP contribution in [0, 0.1) is 25.2 Å². The van der Waals surface area contributed by atoms with Crippen LogP contribution in [-0.2, 0) is 10.0 Å². The summed E-state index contributed by atoms with van der Waals surface area (Å²) in [7, 11) is -4.17. The summed E-state index contributed by atoms with van der Waals surface area (Å²) >= 11 is 5.83. The van der Waals surface area contributed by atoms with Crippen LogP contribution in [0.3, 0.4) is 0 Å². The molecule has 0 aliphatic heterocycles. The normalized spacial score (nSPS) is 10.8. The van der Waals surface area contributed by atoms with Gasteiger partial charge in [0.15, 0.2) is 5.82 Å². The lowest BCUT2D eigenvalue weighted by Crippen LogP contribution is -2.35. The molecule has 0 radical (unpaired) electrons. The number of sulfonamides is 1. The molecule has 0 bridgehead atoms. The van der Waals surface area contributed by atoms with E-state index in [2.05, 4.69) is 15.3 Å². The Morgan fingerprint density at radius 2 is 1.92 bits per heavy atom. The van der Waals surface area contributed by atoms with Crippen molar-refractivity contribution < 1.29 is 13.2 Å². The van der Waals surface area contributed by atoms with Gasteiger partial charge in [0, 0.05) is 0 Å². The molecule has 2 N–H and O–H groups in total. The van der Waals surface area contributed by atoms with Crippen LogP contribution >= 0.6 is 11.6 Å². The lowest BCUT2D eigenvalue weighted by Gasteiger charge is -2.11. The fraction of sp³-hybridized carbons (Fsp3) is 0.143. The van der Waals surface area contributed by atoms with Gasteiger partial charge in [-0.25, -0.2) is 27.9 Å². The van der Waals surface area contributed by atoms with E-state index in [0.717, 1.165) is 0 Å². The number of hydrogen-bond acceptors (Lipinski definition) is 6. The van der Waals surface area contributed by atoms with Crippen LogP contribution in [0.2, 0.25) is 5.02 Å². The number of carbonyl (C=O) groups is 1. The molecule has 0 saturated heterocycles. The average molecular weight is 366 g/mol. The second-order valence-electron chi connectivity index (χ2n) is 4.68. The number of carbonyl (C=O) groups excluding carboxylic acids is 1. The second kappa shape index (κ2) is 6.82. The summed E-state index contributed by atoms with van der Waals surface area (Å²) in [4.78, 5) is 19.7. The zero-order chi connectivity index (χ0) is 17.9. The monoisotopic (exact) mass is 365 g/mol. The summed E-state index contributed by atoms with van der Waals surface area (Å²) < 4.78 is 26.2. The second-order valence-corrected chi connectivity index (χ2v) is 6.74. The van der Waals surface area contributed by atoms with Crippen molar-refractivity contribution in [3.05, 3.63) is 46.4 Å². The Labute approximate surface area is 143 Å². The summed E-state index contributed by atoms with van der Waals surface area (Å²) in [5.41, 5.74) is 0.417. The highest BCUT2D eigenvalue weighted by atomic mass is 35.5. The van der Waals surface area contributed by atoms with Gasteiger partial charge in [-0.15, -0.1) is 0 Å². The van der Waals surface area contributed by atoms with E-state index >= 15 is 0 Å². The molecule has 0 atom stereocenters. The van der Waals surface area contributed by atoms with Gasteiger partial charge in [-0.05, 0) is 26.0 Å². The minimum atomic E-state index is -4.17. The maximum absolute atomic E-state index is 12.2. The molecular weight excluding hydrogens is 354 g/mol. The lowest BCUT2D eigenvalue weighted by molar-refractivity contribution is 0.256. The van der Waals surface area contributed by atoms with E-state index < -0.39 is 16.1 Å². The number of benzene rings is 1. The molecule has 8 nitrogen and oxygen atoms in total. The topological polar surface area (TPSA) is 125 Å². The third kappa shape index (κ3) is 3.79. The number of anilines is 1. The highest BCUT2D eigenvalue weighted by Gasteiger charge is 2.21. The van der Waals surface area contributed by atoms with E-state index in [1.54, 1.807) is 19.9 Å². The summed E-state index contributed by atoms with van der Waals surface area (Å²) in [6, 6.07) is 6.48. The zero-order valence-electron chi connectivity index (χ0n) is 12.7. The van der Waals surface area contributed by atoms with Gasteiger partial charge in [0.2, 0.25) is 0 Å². The predicted molar refractivity (Wildman–Crippen MR) is 87.0 cm³/mol. The fourth-order valence-electron chi connectivity index (χ4n) is 1.91. The standard InChI is InChI=1S/C14H12ClN5O3S/c1-8-10(7-16)13(18-9(2)17-8)19-14(21)20-24(22,23)12-6-4-3-5-11(12)15/h3-6H,1-2H3,(H2,17,18,19,20,21). The quantitative estimate of drug-likeness (QED) is 0.858. The Morgan fingerprint density at radius 1 is 1.25 bits per heavy atom. The van der Waals surface area contributed by atoms with Crippen molar-refractivity contribution in [1.82, 2.24) is 14.7 Å². The first-order valence-corrected chi connectivity index (χ1v) is 8.44. The van der Waals surface area contributed by atoms with Crippen LogP contribution in [0.4, 0.5) is 10.6 Å². The summed E-state index contributed by atoms with van der Waals surface area (Å²) in [6.07, 6.45) is 0. The van der Waals surface area contributed by atoms with Crippen LogP contribution in [-0.4, -0.2) is 24.4 Å². The van der Waals surface area contributed by atoms with Gasteiger partial charge >= 0.3 is 6.03 Å². The van der Waals surface area contributed by atoms with Crippen molar-refractivity contribution in [2.75, 3.05) is 5.32 Å². The molecule has 1 aromatic carbocycles. The predicted octanol–water partition coefficient (Wildman–Crippen LogP) is 2.13. The van der Waals surface area contributed by atoms with Crippen molar-refractivity contribution in [3.8, 4) is 6.07 Å². The van der Waals surface area contributed by atoms with Crippen LogP contribution < -0.4 is 10.0 Å². The van der Waals surface area contributed by atoms with Crippen LogP contribution in [0.25, 0.3) is 0 Å². The maximum Gasteiger partial charge on any atom is 0.334 e. The largest absolute Gasteiger partial charge is 0.334 e. The van der Waals surface area contributed by atoms with Crippen molar-refractivity contribution >= 4 is 33.5 Å². The molecule has 0 spiro atoms. The first-order valence-electron chi connectivity index (χ1n) is 6.58. The molecule has 10 heteroatoms. The maximum atomic E-state index is 12.2. The number of rotatable bonds is 3. The van der Waals surface area contributed by atoms with E-state index in [-0.39, 0.29) is 21.3 Å². The molecular formula is C14H12ClN5O3S. The van der Waals surface area contributed by atoms with Crippen LogP contribution in [0.1, 0.15) is 17.1 Å². The van der Waals surface area contributed by atoms with E-state index in [4.69, 9.17) is 16.9 Å². The first kappa shape index (κ1) is 17.7. The Hall–Kier alpha value is -2.70. The van der Waals surface area contributed by atoms with Gasteiger partial charge < -0.3 is 0 Å². The highest BCUT2D eigenvalue weighted by molar-refractivity contribution is 7.90. The van der Waals surface area contributed by atoms with Crippen molar-refractivity contribution in [1.29, 1.82) is 5.26 Å². The Morgan fingerprint density at radius 3 is 2.54 bits per heavy atom. The average Bonchev–Trinajstić information content (AvgIpc) is 2.46. The Bertz CT molecular complexity index is 953. The number of amides is 2. The fourth-order valence-corrected chi connectivity index (χ4v) is 3.34. The number of urea groups is 1. The molecule has 0 unspecified atom stereocenters. The minimum Gasteiger partial charge on any atom is -0.290 e. The summed E-state index contributed by atoms with van der Waals surface area (Å²) in [6.45, 7) is 3.16. The number of nitriles is 1.